The number of nitrogens with two attached hydrogens (primary N) is 1. The van der Waals surface area contributed by atoms with Crippen LogP contribution in [0.1, 0.15) is 54.2 Å². The van der Waals surface area contributed by atoms with E-state index in [1.54, 1.807) is 12.1 Å². The summed E-state index contributed by atoms with van der Waals surface area (Å²) >= 11 is 5.82. The fourth-order valence-electron chi connectivity index (χ4n) is 1.98. The average Bonchev–Trinajstić information content (AvgIpc) is 3.02. The number of aromatic nitrogens is 1. The number of benzene rings is 1. The lowest BCUT2D eigenvalue weighted by Gasteiger charge is -2.05. The van der Waals surface area contributed by atoms with Crippen LogP contribution in [-0.4, -0.2) is 10.9 Å². The molecule has 1 unspecified atom stereocenters. The SMILES string of the molecule is CCCCC(N)c1nc(C(=O)NCc2ccc(Cl)cc2)co1. The summed E-state index contributed by atoms with van der Waals surface area (Å²) in [6.07, 6.45) is 4.20. The number of nitrogens with zero attached hydrogens (tertiary/aromatic N) is 1. The van der Waals surface area contributed by atoms with Crippen molar-refractivity contribution in [3.63, 3.8) is 0 Å². The highest BCUT2D eigenvalue weighted by molar-refractivity contribution is 6.30. The first kappa shape index (κ1) is 16.5. The molecular formula is C16H20ClN3O2. The van der Waals surface area contributed by atoms with Gasteiger partial charge in [-0.2, -0.15) is 0 Å². The van der Waals surface area contributed by atoms with Gasteiger partial charge in [-0.15, -0.1) is 0 Å². The molecular weight excluding hydrogens is 302 g/mol. The van der Waals surface area contributed by atoms with Crippen LogP contribution in [0.15, 0.2) is 34.9 Å². The normalized spacial score (nSPS) is 12.1. The van der Waals surface area contributed by atoms with Crippen molar-refractivity contribution in [2.24, 2.45) is 5.73 Å². The number of hydrogen-bond acceptors (Lipinski definition) is 4. The number of oxazole rings is 1. The molecule has 1 aromatic carbocycles. The highest BCUT2D eigenvalue weighted by atomic mass is 35.5. The zero-order chi connectivity index (χ0) is 15.9. The minimum absolute atomic E-state index is 0.246. The van der Waals surface area contributed by atoms with Crippen molar-refractivity contribution in [2.75, 3.05) is 0 Å². The maximum Gasteiger partial charge on any atom is 0.273 e. The number of unbranched alkanes of at least 4 members (excludes halogenated alkanes) is 1. The summed E-state index contributed by atoms with van der Waals surface area (Å²) in [6, 6.07) is 7.01. The summed E-state index contributed by atoms with van der Waals surface area (Å²) in [5.74, 6) is 0.123. The van der Waals surface area contributed by atoms with Crippen LogP contribution in [0.2, 0.25) is 5.02 Å². The van der Waals surface area contributed by atoms with Crippen molar-refractivity contribution in [3.05, 3.63) is 52.7 Å². The Morgan fingerprint density at radius 1 is 1.41 bits per heavy atom. The molecule has 1 heterocycles. The van der Waals surface area contributed by atoms with E-state index in [1.165, 1.54) is 6.26 Å². The molecule has 1 atom stereocenters. The van der Waals surface area contributed by atoms with Crippen LogP contribution >= 0.6 is 11.6 Å². The van der Waals surface area contributed by atoms with E-state index in [0.29, 0.717) is 17.5 Å². The van der Waals surface area contributed by atoms with Crippen molar-refractivity contribution < 1.29 is 9.21 Å². The second-order valence-electron chi connectivity index (χ2n) is 5.13. The maximum absolute atomic E-state index is 12.0. The monoisotopic (exact) mass is 321 g/mol. The zero-order valence-electron chi connectivity index (χ0n) is 12.5. The predicted molar refractivity (Wildman–Crippen MR) is 85.6 cm³/mol. The Bertz CT molecular complexity index is 610. The van der Waals surface area contributed by atoms with E-state index in [-0.39, 0.29) is 17.6 Å². The highest BCUT2D eigenvalue weighted by Crippen LogP contribution is 2.16. The molecule has 0 radical (unpaired) electrons. The van der Waals surface area contributed by atoms with Crippen LogP contribution in [0, 0.1) is 0 Å². The molecule has 0 saturated carbocycles. The number of hydrogen-bond donors (Lipinski definition) is 2. The van der Waals surface area contributed by atoms with E-state index in [9.17, 15) is 4.79 Å². The summed E-state index contributed by atoms with van der Waals surface area (Å²) in [7, 11) is 0. The van der Waals surface area contributed by atoms with Crippen LogP contribution in [0.3, 0.4) is 0 Å². The minimum atomic E-state index is -0.285. The van der Waals surface area contributed by atoms with Crippen LogP contribution in [0.4, 0.5) is 0 Å². The van der Waals surface area contributed by atoms with E-state index in [2.05, 4.69) is 17.2 Å². The molecule has 2 rings (SSSR count). The molecule has 1 amide bonds. The first-order valence-corrected chi connectivity index (χ1v) is 7.71. The Labute approximate surface area is 134 Å². The molecule has 118 valence electrons. The topological polar surface area (TPSA) is 81.1 Å². The van der Waals surface area contributed by atoms with Crippen molar-refractivity contribution in [1.82, 2.24) is 10.3 Å². The van der Waals surface area contributed by atoms with Gasteiger partial charge >= 0.3 is 0 Å². The summed E-state index contributed by atoms with van der Waals surface area (Å²) in [5.41, 5.74) is 7.18. The second-order valence-corrected chi connectivity index (χ2v) is 5.57. The average molecular weight is 322 g/mol. The molecule has 1 aromatic heterocycles. The van der Waals surface area contributed by atoms with Crippen LogP contribution < -0.4 is 11.1 Å². The summed E-state index contributed by atoms with van der Waals surface area (Å²) in [5, 5.41) is 3.45. The highest BCUT2D eigenvalue weighted by Gasteiger charge is 2.16. The molecule has 22 heavy (non-hydrogen) atoms. The molecule has 0 aliphatic heterocycles. The third-order valence-electron chi connectivity index (χ3n) is 3.31. The van der Waals surface area contributed by atoms with Crippen molar-refractivity contribution >= 4 is 17.5 Å². The molecule has 0 bridgehead atoms. The van der Waals surface area contributed by atoms with Gasteiger partial charge in [0.2, 0.25) is 5.89 Å². The maximum atomic E-state index is 12.0. The van der Waals surface area contributed by atoms with Crippen LogP contribution in [-0.2, 0) is 6.54 Å². The van der Waals surface area contributed by atoms with Gasteiger partial charge in [-0.1, -0.05) is 43.5 Å². The van der Waals surface area contributed by atoms with Gasteiger partial charge in [-0.05, 0) is 24.1 Å². The third-order valence-corrected chi connectivity index (χ3v) is 3.56. The first-order chi connectivity index (χ1) is 10.6. The standard InChI is InChI=1S/C16H20ClN3O2/c1-2-3-4-13(18)16-20-14(10-22-16)15(21)19-9-11-5-7-12(17)8-6-11/h5-8,10,13H,2-4,9,18H2,1H3,(H,19,21). The molecule has 0 spiro atoms. The molecule has 0 fully saturated rings. The van der Waals surface area contributed by atoms with E-state index in [4.69, 9.17) is 21.8 Å². The number of carbonyl (C=O) groups excluding carboxylic acids is 1. The van der Waals surface area contributed by atoms with Crippen molar-refractivity contribution in [1.29, 1.82) is 0 Å². The fourth-order valence-corrected chi connectivity index (χ4v) is 2.11. The zero-order valence-corrected chi connectivity index (χ0v) is 13.3. The fraction of sp³-hybridized carbons (Fsp3) is 0.375. The number of rotatable bonds is 7. The van der Waals surface area contributed by atoms with Gasteiger partial charge in [0.05, 0.1) is 6.04 Å². The van der Waals surface area contributed by atoms with Gasteiger partial charge in [-0.3, -0.25) is 4.79 Å². The van der Waals surface area contributed by atoms with Gasteiger partial charge in [-0.25, -0.2) is 4.98 Å². The van der Waals surface area contributed by atoms with E-state index < -0.39 is 0 Å². The van der Waals surface area contributed by atoms with Crippen LogP contribution in [0.5, 0.6) is 0 Å². The molecule has 6 heteroatoms. The number of amides is 1. The summed E-state index contributed by atoms with van der Waals surface area (Å²) in [4.78, 5) is 16.2. The van der Waals surface area contributed by atoms with Crippen molar-refractivity contribution in [2.45, 2.75) is 38.8 Å². The van der Waals surface area contributed by atoms with Gasteiger partial charge in [0, 0.05) is 11.6 Å². The molecule has 0 saturated heterocycles. The minimum Gasteiger partial charge on any atom is -0.446 e. The Balaban J connectivity index is 1.90. The molecule has 0 aliphatic carbocycles. The lowest BCUT2D eigenvalue weighted by Crippen LogP contribution is -2.23. The number of carbonyl (C=O) groups is 1. The Morgan fingerprint density at radius 3 is 2.82 bits per heavy atom. The van der Waals surface area contributed by atoms with E-state index >= 15 is 0 Å². The third kappa shape index (κ3) is 4.58. The lowest BCUT2D eigenvalue weighted by atomic mass is 10.1. The van der Waals surface area contributed by atoms with E-state index in [1.807, 2.05) is 12.1 Å². The quantitative estimate of drug-likeness (QED) is 0.818. The Morgan fingerprint density at radius 2 is 2.14 bits per heavy atom. The van der Waals surface area contributed by atoms with Gasteiger partial charge in [0.25, 0.3) is 5.91 Å². The second kappa shape index (κ2) is 7.96. The molecule has 2 aromatic rings. The summed E-state index contributed by atoms with van der Waals surface area (Å²) in [6.45, 7) is 2.50. The van der Waals surface area contributed by atoms with E-state index in [0.717, 1.165) is 24.8 Å². The smallest absolute Gasteiger partial charge is 0.273 e. The molecule has 3 N–H and O–H groups in total. The Kier molecular flexibility index (Phi) is 5.98. The predicted octanol–water partition coefficient (Wildman–Crippen LogP) is 3.45. The molecule has 5 nitrogen and oxygen atoms in total. The van der Waals surface area contributed by atoms with Gasteiger partial charge in [0.15, 0.2) is 5.69 Å². The lowest BCUT2D eigenvalue weighted by molar-refractivity contribution is 0.0946. The van der Waals surface area contributed by atoms with Crippen LogP contribution in [0.25, 0.3) is 0 Å². The van der Waals surface area contributed by atoms with Gasteiger partial charge < -0.3 is 15.5 Å². The summed E-state index contributed by atoms with van der Waals surface area (Å²) < 4.78 is 5.30. The van der Waals surface area contributed by atoms with Gasteiger partial charge in [0.1, 0.15) is 6.26 Å². The number of nitrogens with one attached hydrogen (secondary N) is 1. The largest absolute Gasteiger partial charge is 0.446 e. The van der Waals surface area contributed by atoms with Crippen molar-refractivity contribution in [3.8, 4) is 0 Å². The molecule has 0 aliphatic rings. The Hall–Kier alpha value is -1.85. The number of halogens is 1. The first-order valence-electron chi connectivity index (χ1n) is 7.33.